The van der Waals surface area contributed by atoms with Crippen molar-refractivity contribution in [3.8, 4) is 0 Å². The van der Waals surface area contributed by atoms with Crippen LogP contribution >= 0.6 is 0 Å². The van der Waals surface area contributed by atoms with Gasteiger partial charge in [-0.25, -0.2) is 0 Å². The summed E-state index contributed by atoms with van der Waals surface area (Å²) in [6.07, 6.45) is 0. The standard InChI is InChI=1S/C8H20N3/c1-8(9(2)3,10(4)5)11(6)7/h1H2,2-7H3. The van der Waals surface area contributed by atoms with Gasteiger partial charge >= 0.3 is 0 Å². The zero-order chi connectivity index (χ0) is 9.23. The molecule has 0 saturated carbocycles. The van der Waals surface area contributed by atoms with Crippen molar-refractivity contribution in [1.29, 1.82) is 0 Å². The van der Waals surface area contributed by atoms with Crippen LogP contribution < -0.4 is 0 Å². The van der Waals surface area contributed by atoms with E-state index >= 15 is 0 Å². The molecule has 3 nitrogen and oxygen atoms in total. The molecule has 0 aliphatic carbocycles. The average molecular weight is 158 g/mol. The number of nitrogens with zero attached hydrogens (tertiary/aromatic N) is 3. The zero-order valence-corrected chi connectivity index (χ0v) is 8.55. The molecule has 0 spiro atoms. The van der Waals surface area contributed by atoms with Crippen molar-refractivity contribution < 1.29 is 0 Å². The Bertz CT molecular complexity index is 96.7. The summed E-state index contributed by atoms with van der Waals surface area (Å²) in [6, 6.07) is 0. The quantitative estimate of drug-likeness (QED) is 0.542. The summed E-state index contributed by atoms with van der Waals surface area (Å²) in [5.41, 5.74) is 0. The van der Waals surface area contributed by atoms with Gasteiger partial charge in [-0.1, -0.05) is 0 Å². The first kappa shape index (κ1) is 10.9. The molecular formula is C8H20N3. The average Bonchev–Trinajstić information content (AvgIpc) is 1.84. The molecule has 0 saturated heterocycles. The van der Waals surface area contributed by atoms with Crippen LogP contribution in [0.15, 0.2) is 0 Å². The molecule has 0 amide bonds. The zero-order valence-electron chi connectivity index (χ0n) is 8.55. The van der Waals surface area contributed by atoms with Gasteiger partial charge in [-0.05, 0) is 49.2 Å². The summed E-state index contributed by atoms with van der Waals surface area (Å²) in [4.78, 5) is 6.23. The van der Waals surface area contributed by atoms with Crippen LogP contribution in [0.4, 0.5) is 0 Å². The van der Waals surface area contributed by atoms with Crippen molar-refractivity contribution >= 4 is 0 Å². The van der Waals surface area contributed by atoms with E-state index in [-0.39, 0.29) is 5.79 Å². The van der Waals surface area contributed by atoms with Crippen LogP contribution in [0.25, 0.3) is 0 Å². The molecule has 11 heavy (non-hydrogen) atoms. The van der Waals surface area contributed by atoms with Gasteiger partial charge < -0.3 is 0 Å². The molecule has 0 aliphatic rings. The van der Waals surface area contributed by atoms with E-state index in [0.29, 0.717) is 0 Å². The Labute approximate surface area is 70.6 Å². The summed E-state index contributed by atoms with van der Waals surface area (Å²) in [6.45, 7) is 4.15. The fourth-order valence-corrected chi connectivity index (χ4v) is 1.20. The molecule has 0 aliphatic heterocycles. The van der Waals surface area contributed by atoms with Crippen molar-refractivity contribution in [2.24, 2.45) is 0 Å². The van der Waals surface area contributed by atoms with Gasteiger partial charge in [0.1, 0.15) is 5.79 Å². The van der Waals surface area contributed by atoms with E-state index in [9.17, 15) is 0 Å². The van der Waals surface area contributed by atoms with Gasteiger partial charge in [-0.15, -0.1) is 0 Å². The van der Waals surface area contributed by atoms with E-state index in [1.807, 2.05) is 42.3 Å². The Balaban J connectivity index is 4.53. The predicted molar refractivity (Wildman–Crippen MR) is 49.1 cm³/mol. The van der Waals surface area contributed by atoms with Crippen molar-refractivity contribution in [2.45, 2.75) is 5.79 Å². The Morgan fingerprint density at radius 1 is 0.727 bits per heavy atom. The summed E-state index contributed by atoms with van der Waals surface area (Å²) in [5.74, 6) is -0.250. The third-order valence-electron chi connectivity index (χ3n) is 2.15. The van der Waals surface area contributed by atoms with Gasteiger partial charge in [-0.3, -0.25) is 14.7 Å². The second kappa shape index (κ2) is 3.52. The topological polar surface area (TPSA) is 9.72 Å². The summed E-state index contributed by atoms with van der Waals surface area (Å²) < 4.78 is 0. The molecule has 0 aromatic rings. The van der Waals surface area contributed by atoms with Gasteiger partial charge in [0.2, 0.25) is 0 Å². The Morgan fingerprint density at radius 3 is 0.909 bits per heavy atom. The third kappa shape index (κ3) is 1.92. The lowest BCUT2D eigenvalue weighted by molar-refractivity contribution is -0.0686. The van der Waals surface area contributed by atoms with Crippen molar-refractivity contribution in [2.75, 3.05) is 42.3 Å². The van der Waals surface area contributed by atoms with Crippen LogP contribution in [0.3, 0.4) is 0 Å². The van der Waals surface area contributed by atoms with Gasteiger partial charge in [0.25, 0.3) is 0 Å². The second-order valence-electron chi connectivity index (χ2n) is 3.46. The smallest absolute Gasteiger partial charge is 0.129 e. The maximum atomic E-state index is 4.15. The summed E-state index contributed by atoms with van der Waals surface area (Å²) >= 11 is 0. The second-order valence-corrected chi connectivity index (χ2v) is 3.46. The fourth-order valence-electron chi connectivity index (χ4n) is 1.20. The predicted octanol–water partition coefficient (Wildman–Crippen LogP) is 0.159. The first-order valence-corrected chi connectivity index (χ1v) is 3.71. The first-order chi connectivity index (χ1) is 4.83. The largest absolute Gasteiger partial charge is 0.279 e. The lowest BCUT2D eigenvalue weighted by Gasteiger charge is -2.46. The van der Waals surface area contributed by atoms with E-state index in [2.05, 4.69) is 21.6 Å². The molecule has 3 heteroatoms. The maximum absolute atomic E-state index is 4.15. The number of rotatable bonds is 3. The van der Waals surface area contributed by atoms with E-state index in [1.165, 1.54) is 0 Å². The first-order valence-electron chi connectivity index (χ1n) is 3.71. The van der Waals surface area contributed by atoms with Crippen molar-refractivity contribution in [1.82, 2.24) is 14.7 Å². The molecule has 0 heterocycles. The minimum absolute atomic E-state index is 0.250. The van der Waals surface area contributed by atoms with Gasteiger partial charge in [0, 0.05) is 0 Å². The van der Waals surface area contributed by atoms with Gasteiger partial charge in [-0.2, -0.15) is 0 Å². The van der Waals surface area contributed by atoms with E-state index in [1.54, 1.807) is 0 Å². The van der Waals surface area contributed by atoms with E-state index in [4.69, 9.17) is 0 Å². The van der Waals surface area contributed by atoms with Crippen LogP contribution in [0.5, 0.6) is 0 Å². The van der Waals surface area contributed by atoms with E-state index in [0.717, 1.165) is 0 Å². The van der Waals surface area contributed by atoms with Crippen molar-refractivity contribution in [3.63, 3.8) is 0 Å². The lowest BCUT2D eigenvalue weighted by atomic mass is 10.3. The van der Waals surface area contributed by atoms with Crippen LogP contribution in [0.1, 0.15) is 0 Å². The highest BCUT2D eigenvalue weighted by Gasteiger charge is 2.31. The summed E-state index contributed by atoms with van der Waals surface area (Å²) in [5, 5.41) is 0. The highest BCUT2D eigenvalue weighted by Crippen LogP contribution is 2.15. The Hall–Kier alpha value is -0.120. The molecule has 0 fully saturated rings. The normalized spacial score (nSPS) is 13.6. The minimum Gasteiger partial charge on any atom is -0.279 e. The molecule has 0 aromatic carbocycles. The van der Waals surface area contributed by atoms with Gasteiger partial charge in [0.15, 0.2) is 0 Å². The Morgan fingerprint density at radius 2 is 0.909 bits per heavy atom. The van der Waals surface area contributed by atoms with Crippen molar-refractivity contribution in [3.05, 3.63) is 6.92 Å². The lowest BCUT2D eigenvalue weighted by Crippen LogP contribution is -2.62. The fraction of sp³-hybridized carbons (Fsp3) is 0.875. The van der Waals surface area contributed by atoms with Crippen LogP contribution in [0, 0.1) is 6.92 Å². The highest BCUT2D eigenvalue weighted by atomic mass is 15.5. The third-order valence-corrected chi connectivity index (χ3v) is 2.15. The molecule has 1 radical (unpaired) electrons. The molecule has 0 N–H and O–H groups in total. The van der Waals surface area contributed by atoms with Crippen LogP contribution in [-0.2, 0) is 0 Å². The molecular weight excluding hydrogens is 138 g/mol. The summed E-state index contributed by atoms with van der Waals surface area (Å²) in [7, 11) is 12.1. The Kier molecular flexibility index (Phi) is 3.48. The molecule has 0 unspecified atom stereocenters. The number of hydrogen-bond acceptors (Lipinski definition) is 3. The maximum Gasteiger partial charge on any atom is 0.129 e. The highest BCUT2D eigenvalue weighted by molar-refractivity contribution is 4.84. The molecule has 0 bridgehead atoms. The van der Waals surface area contributed by atoms with Gasteiger partial charge in [0.05, 0.1) is 0 Å². The van der Waals surface area contributed by atoms with E-state index < -0.39 is 0 Å². The number of hydrogen-bond donors (Lipinski definition) is 0. The monoisotopic (exact) mass is 158 g/mol. The molecule has 0 aromatic heterocycles. The SMILES string of the molecule is [CH2]C(N(C)C)(N(C)C)N(C)C. The molecule has 0 rings (SSSR count). The van der Waals surface area contributed by atoms with Crippen LogP contribution in [-0.4, -0.2) is 62.8 Å². The molecule has 0 atom stereocenters. The minimum atomic E-state index is -0.250. The molecule has 67 valence electrons. The van der Waals surface area contributed by atoms with Crippen LogP contribution in [0.2, 0.25) is 0 Å².